The van der Waals surface area contributed by atoms with Crippen LogP contribution in [0.5, 0.6) is 5.75 Å². The fourth-order valence-corrected chi connectivity index (χ4v) is 3.26. The summed E-state index contributed by atoms with van der Waals surface area (Å²) in [6.45, 7) is 0. The molecule has 1 aromatic carbocycles. The molecule has 0 radical (unpaired) electrons. The second-order valence-corrected chi connectivity index (χ2v) is 5.51. The van der Waals surface area contributed by atoms with Gasteiger partial charge in [0.1, 0.15) is 5.75 Å². The van der Waals surface area contributed by atoms with Crippen LogP contribution < -0.4 is 9.64 Å². The van der Waals surface area contributed by atoms with Crippen molar-refractivity contribution >= 4 is 11.6 Å². The number of carbonyl (C=O) groups is 1. The van der Waals surface area contributed by atoms with E-state index in [1.54, 1.807) is 36.3 Å². The van der Waals surface area contributed by atoms with E-state index >= 15 is 0 Å². The number of fused-ring (bicyclic) bond motifs is 1. The van der Waals surface area contributed by atoms with Gasteiger partial charge in [0.25, 0.3) is 5.91 Å². The van der Waals surface area contributed by atoms with Crippen molar-refractivity contribution in [1.29, 1.82) is 0 Å². The van der Waals surface area contributed by atoms with Crippen molar-refractivity contribution in [2.75, 3.05) is 12.0 Å². The second-order valence-electron chi connectivity index (χ2n) is 5.51. The molecule has 20 heavy (non-hydrogen) atoms. The van der Waals surface area contributed by atoms with E-state index in [0.29, 0.717) is 12.8 Å². The van der Waals surface area contributed by atoms with Crippen LogP contribution in [0.2, 0.25) is 0 Å². The number of anilines is 1. The van der Waals surface area contributed by atoms with Crippen molar-refractivity contribution in [3.05, 3.63) is 24.3 Å². The molecule has 0 spiro atoms. The number of aliphatic hydroxyl groups excluding tert-OH is 1. The van der Waals surface area contributed by atoms with Crippen LogP contribution in [0.1, 0.15) is 25.7 Å². The molecule has 0 bridgehead atoms. The van der Waals surface area contributed by atoms with Gasteiger partial charge >= 0.3 is 0 Å². The first-order chi connectivity index (χ1) is 9.59. The van der Waals surface area contributed by atoms with E-state index in [-0.39, 0.29) is 6.04 Å². The SMILES string of the molecule is COc1ccc(N2C(=O)[C@@]3(O)[C@@H]2CCCC[C@@H]3O)cc1. The summed E-state index contributed by atoms with van der Waals surface area (Å²) in [5.74, 6) is 0.319. The molecule has 5 heteroatoms. The number of carbonyl (C=O) groups excluding carboxylic acids is 1. The number of benzene rings is 1. The van der Waals surface area contributed by atoms with E-state index in [1.807, 2.05) is 0 Å². The van der Waals surface area contributed by atoms with Gasteiger partial charge < -0.3 is 19.8 Å². The monoisotopic (exact) mass is 277 g/mol. The molecule has 2 fully saturated rings. The third kappa shape index (κ3) is 1.73. The van der Waals surface area contributed by atoms with E-state index in [4.69, 9.17) is 4.74 Å². The highest BCUT2D eigenvalue weighted by molar-refractivity contribution is 6.08. The molecule has 1 aromatic rings. The normalized spacial score (nSPS) is 33.1. The molecule has 1 aliphatic carbocycles. The van der Waals surface area contributed by atoms with Crippen molar-refractivity contribution in [2.45, 2.75) is 43.4 Å². The van der Waals surface area contributed by atoms with Gasteiger partial charge in [0.15, 0.2) is 5.60 Å². The predicted octanol–water partition coefficient (Wildman–Crippen LogP) is 1.08. The number of hydrogen-bond donors (Lipinski definition) is 2. The summed E-state index contributed by atoms with van der Waals surface area (Å²) in [4.78, 5) is 13.9. The summed E-state index contributed by atoms with van der Waals surface area (Å²) < 4.78 is 5.10. The van der Waals surface area contributed by atoms with Gasteiger partial charge in [0.05, 0.1) is 19.3 Å². The Hall–Kier alpha value is -1.59. The quantitative estimate of drug-likeness (QED) is 0.794. The fourth-order valence-electron chi connectivity index (χ4n) is 3.26. The Balaban J connectivity index is 1.89. The second kappa shape index (κ2) is 4.75. The average molecular weight is 277 g/mol. The summed E-state index contributed by atoms with van der Waals surface area (Å²) in [7, 11) is 1.59. The zero-order valence-electron chi connectivity index (χ0n) is 11.5. The van der Waals surface area contributed by atoms with Gasteiger partial charge in [-0.1, -0.05) is 12.8 Å². The summed E-state index contributed by atoms with van der Waals surface area (Å²) in [5.41, 5.74) is -0.865. The molecular formula is C15H19NO4. The minimum Gasteiger partial charge on any atom is -0.497 e. The van der Waals surface area contributed by atoms with E-state index in [0.717, 1.165) is 24.3 Å². The Morgan fingerprint density at radius 1 is 1.25 bits per heavy atom. The number of nitrogens with zero attached hydrogens (tertiary/aromatic N) is 1. The van der Waals surface area contributed by atoms with Crippen molar-refractivity contribution in [2.24, 2.45) is 0 Å². The van der Waals surface area contributed by atoms with Gasteiger partial charge in [0, 0.05) is 5.69 Å². The summed E-state index contributed by atoms with van der Waals surface area (Å²) in [6.07, 6.45) is 1.98. The van der Waals surface area contributed by atoms with Crippen molar-refractivity contribution < 1.29 is 19.7 Å². The Kier molecular flexibility index (Phi) is 3.18. The van der Waals surface area contributed by atoms with Gasteiger partial charge in [-0.3, -0.25) is 4.79 Å². The first kappa shape index (κ1) is 13.4. The average Bonchev–Trinajstić information content (AvgIpc) is 2.60. The smallest absolute Gasteiger partial charge is 0.264 e. The lowest BCUT2D eigenvalue weighted by Gasteiger charge is -2.54. The number of ether oxygens (including phenoxy) is 1. The maximum absolute atomic E-state index is 12.3. The van der Waals surface area contributed by atoms with Gasteiger partial charge in [-0.05, 0) is 37.1 Å². The molecule has 1 amide bonds. The number of aliphatic hydroxyl groups is 2. The fraction of sp³-hybridized carbons (Fsp3) is 0.533. The number of β-lactam (4-membered cyclic amide) rings is 1. The number of hydrogen-bond acceptors (Lipinski definition) is 4. The van der Waals surface area contributed by atoms with E-state index in [9.17, 15) is 15.0 Å². The third-order valence-corrected chi connectivity index (χ3v) is 4.44. The Morgan fingerprint density at radius 3 is 2.55 bits per heavy atom. The number of methoxy groups -OCH3 is 1. The maximum atomic E-state index is 12.3. The summed E-state index contributed by atoms with van der Waals surface area (Å²) >= 11 is 0. The largest absolute Gasteiger partial charge is 0.497 e. The third-order valence-electron chi connectivity index (χ3n) is 4.44. The van der Waals surface area contributed by atoms with E-state index in [1.165, 1.54) is 0 Å². The molecule has 3 atom stereocenters. The lowest BCUT2D eigenvalue weighted by atomic mass is 9.76. The molecule has 2 N–H and O–H groups in total. The standard InChI is InChI=1S/C15H19NO4/c1-20-11-8-6-10(7-9-11)16-12-4-2-3-5-13(17)15(12,19)14(16)18/h6-9,12-13,17,19H,2-5H2,1H3/t12-,13-,15+/m0/s1. The zero-order chi connectivity index (χ0) is 14.3. The molecule has 1 saturated carbocycles. The minimum absolute atomic E-state index is 0.333. The van der Waals surface area contributed by atoms with E-state index < -0.39 is 17.6 Å². The van der Waals surface area contributed by atoms with Gasteiger partial charge in [-0.25, -0.2) is 0 Å². The van der Waals surface area contributed by atoms with Gasteiger partial charge in [0.2, 0.25) is 0 Å². The molecule has 108 valence electrons. The molecular weight excluding hydrogens is 258 g/mol. The predicted molar refractivity (Wildman–Crippen MR) is 73.7 cm³/mol. The van der Waals surface area contributed by atoms with Crippen LogP contribution in [-0.4, -0.2) is 41.0 Å². The van der Waals surface area contributed by atoms with Crippen LogP contribution in [0, 0.1) is 0 Å². The van der Waals surface area contributed by atoms with E-state index in [2.05, 4.69) is 0 Å². The first-order valence-electron chi connectivity index (χ1n) is 6.97. The number of rotatable bonds is 2. The van der Waals surface area contributed by atoms with Crippen molar-refractivity contribution in [1.82, 2.24) is 0 Å². The highest BCUT2D eigenvalue weighted by atomic mass is 16.5. The molecule has 0 aromatic heterocycles. The molecule has 1 heterocycles. The van der Waals surface area contributed by atoms with Crippen LogP contribution in [-0.2, 0) is 4.79 Å². The summed E-state index contributed by atoms with van der Waals surface area (Å²) in [5, 5.41) is 20.6. The zero-order valence-corrected chi connectivity index (χ0v) is 11.5. The van der Waals surface area contributed by atoms with Gasteiger partial charge in [-0.2, -0.15) is 0 Å². The molecule has 3 rings (SSSR count). The van der Waals surface area contributed by atoms with Crippen LogP contribution >= 0.6 is 0 Å². The lowest BCUT2D eigenvalue weighted by Crippen LogP contribution is -2.78. The minimum atomic E-state index is -1.60. The molecule has 1 aliphatic heterocycles. The van der Waals surface area contributed by atoms with Crippen LogP contribution in [0.3, 0.4) is 0 Å². The maximum Gasteiger partial charge on any atom is 0.264 e. The molecule has 1 saturated heterocycles. The van der Waals surface area contributed by atoms with Crippen LogP contribution in [0.4, 0.5) is 5.69 Å². The van der Waals surface area contributed by atoms with Crippen molar-refractivity contribution in [3.8, 4) is 5.75 Å². The van der Waals surface area contributed by atoms with Crippen LogP contribution in [0.25, 0.3) is 0 Å². The topological polar surface area (TPSA) is 70.0 Å². The molecule has 2 aliphatic rings. The van der Waals surface area contributed by atoms with Gasteiger partial charge in [-0.15, -0.1) is 0 Å². The molecule has 5 nitrogen and oxygen atoms in total. The molecule has 0 unspecified atom stereocenters. The first-order valence-corrected chi connectivity index (χ1v) is 6.97. The number of amides is 1. The Labute approximate surface area is 117 Å². The van der Waals surface area contributed by atoms with Crippen molar-refractivity contribution in [3.63, 3.8) is 0 Å². The highest BCUT2D eigenvalue weighted by Gasteiger charge is 2.64. The highest BCUT2D eigenvalue weighted by Crippen LogP contribution is 2.43. The van der Waals surface area contributed by atoms with Crippen LogP contribution in [0.15, 0.2) is 24.3 Å². The Bertz CT molecular complexity index is 515. The Morgan fingerprint density at radius 2 is 1.90 bits per heavy atom. The summed E-state index contributed by atoms with van der Waals surface area (Å²) in [6, 6.07) is 6.84. The lowest BCUT2D eigenvalue weighted by molar-refractivity contribution is -0.171.